The fourth-order valence-electron chi connectivity index (χ4n) is 2.00. The molecular weight excluding hydrogens is 348 g/mol. The predicted molar refractivity (Wildman–Crippen MR) is 96.2 cm³/mol. The quantitative estimate of drug-likeness (QED) is 0.436. The minimum Gasteiger partial charge on any atom is -0.481 e. The molecule has 0 atom stereocenters. The SMILES string of the molecule is O=C(O)CCCNC(=O)CN1C(=O)/C(=C/c2ccccc2)SC1=S. The minimum absolute atomic E-state index is 0.0127. The van der Waals surface area contributed by atoms with Gasteiger partial charge in [-0.05, 0) is 18.1 Å². The number of thiocarbonyl (C=S) groups is 1. The van der Waals surface area contributed by atoms with E-state index < -0.39 is 5.97 Å². The Hall–Kier alpha value is -2.19. The van der Waals surface area contributed by atoms with Gasteiger partial charge >= 0.3 is 5.97 Å². The van der Waals surface area contributed by atoms with Crippen LogP contribution in [0, 0.1) is 0 Å². The molecule has 0 bridgehead atoms. The van der Waals surface area contributed by atoms with E-state index in [9.17, 15) is 14.4 Å². The van der Waals surface area contributed by atoms with Gasteiger partial charge in [0.25, 0.3) is 5.91 Å². The van der Waals surface area contributed by atoms with Gasteiger partial charge in [0.1, 0.15) is 10.9 Å². The molecule has 2 rings (SSSR count). The topological polar surface area (TPSA) is 86.7 Å². The van der Waals surface area contributed by atoms with E-state index in [0.29, 0.717) is 15.6 Å². The van der Waals surface area contributed by atoms with Crippen LogP contribution in [-0.2, 0) is 14.4 Å². The molecule has 126 valence electrons. The summed E-state index contributed by atoms with van der Waals surface area (Å²) in [6.45, 7) is 0.0870. The largest absolute Gasteiger partial charge is 0.481 e. The summed E-state index contributed by atoms with van der Waals surface area (Å²) in [5.74, 6) is -1.57. The Balaban J connectivity index is 1.91. The summed E-state index contributed by atoms with van der Waals surface area (Å²) in [5, 5.41) is 11.1. The van der Waals surface area contributed by atoms with Crippen molar-refractivity contribution < 1.29 is 19.5 Å². The summed E-state index contributed by atoms with van der Waals surface area (Å²) < 4.78 is 0.336. The first-order valence-corrected chi connectivity index (χ1v) is 8.49. The van der Waals surface area contributed by atoms with Gasteiger partial charge in [-0.3, -0.25) is 19.3 Å². The maximum Gasteiger partial charge on any atom is 0.303 e. The van der Waals surface area contributed by atoms with Crippen molar-refractivity contribution in [3.05, 3.63) is 40.8 Å². The molecule has 8 heteroatoms. The minimum atomic E-state index is -0.910. The van der Waals surface area contributed by atoms with Crippen molar-refractivity contribution in [3.63, 3.8) is 0 Å². The molecule has 1 aromatic carbocycles. The maximum absolute atomic E-state index is 12.4. The molecule has 0 aromatic heterocycles. The van der Waals surface area contributed by atoms with E-state index in [4.69, 9.17) is 17.3 Å². The molecule has 0 aliphatic carbocycles. The number of carboxylic acid groups (broad SMARTS) is 1. The molecule has 6 nitrogen and oxygen atoms in total. The van der Waals surface area contributed by atoms with Crippen molar-refractivity contribution >= 4 is 52.2 Å². The van der Waals surface area contributed by atoms with E-state index in [2.05, 4.69) is 5.32 Å². The first kappa shape index (κ1) is 18.2. The first-order chi connectivity index (χ1) is 11.5. The van der Waals surface area contributed by atoms with E-state index in [-0.39, 0.29) is 31.3 Å². The van der Waals surface area contributed by atoms with Crippen LogP contribution in [0.5, 0.6) is 0 Å². The van der Waals surface area contributed by atoms with Gasteiger partial charge in [0.05, 0.1) is 4.91 Å². The highest BCUT2D eigenvalue weighted by Crippen LogP contribution is 2.32. The van der Waals surface area contributed by atoms with E-state index in [0.717, 1.165) is 17.3 Å². The predicted octanol–water partition coefficient (Wildman–Crippen LogP) is 1.87. The van der Waals surface area contributed by atoms with Crippen LogP contribution in [0.4, 0.5) is 0 Å². The zero-order valence-electron chi connectivity index (χ0n) is 12.7. The molecule has 1 fully saturated rings. The molecular formula is C16H16N2O4S2. The molecule has 1 saturated heterocycles. The highest BCUT2D eigenvalue weighted by Gasteiger charge is 2.33. The van der Waals surface area contributed by atoms with Crippen LogP contribution in [-0.4, -0.2) is 45.2 Å². The molecule has 0 unspecified atom stereocenters. The van der Waals surface area contributed by atoms with Gasteiger partial charge in [0.2, 0.25) is 5.91 Å². The molecule has 1 aliphatic rings. The highest BCUT2D eigenvalue weighted by atomic mass is 32.2. The fraction of sp³-hybridized carbons (Fsp3) is 0.250. The monoisotopic (exact) mass is 364 g/mol. The Labute approximate surface area is 148 Å². The number of carbonyl (C=O) groups excluding carboxylic acids is 2. The van der Waals surface area contributed by atoms with Crippen LogP contribution in [0.1, 0.15) is 18.4 Å². The Morgan fingerprint density at radius 2 is 2.00 bits per heavy atom. The van der Waals surface area contributed by atoms with Gasteiger partial charge in [-0.15, -0.1) is 0 Å². The Kier molecular flexibility index (Phi) is 6.51. The van der Waals surface area contributed by atoms with Crippen LogP contribution >= 0.6 is 24.0 Å². The average molecular weight is 364 g/mol. The molecule has 1 heterocycles. The third kappa shape index (κ3) is 5.17. The average Bonchev–Trinajstić information content (AvgIpc) is 2.80. The Morgan fingerprint density at radius 3 is 2.67 bits per heavy atom. The molecule has 0 radical (unpaired) electrons. The Morgan fingerprint density at radius 1 is 1.29 bits per heavy atom. The standard InChI is InChI=1S/C16H16N2O4S2/c19-13(17-8-4-7-14(20)21)10-18-15(22)12(24-16(18)23)9-11-5-2-1-3-6-11/h1-3,5-6,9H,4,7-8,10H2,(H,17,19)(H,20,21)/b12-9-. The molecule has 0 saturated carbocycles. The lowest BCUT2D eigenvalue weighted by Crippen LogP contribution is -2.39. The number of aliphatic carboxylic acids is 1. The van der Waals surface area contributed by atoms with E-state index in [1.54, 1.807) is 6.08 Å². The number of carbonyl (C=O) groups is 3. The summed E-state index contributed by atoms with van der Waals surface area (Å²) in [7, 11) is 0. The molecule has 1 aromatic rings. The number of amides is 2. The zero-order valence-corrected chi connectivity index (χ0v) is 14.4. The molecule has 24 heavy (non-hydrogen) atoms. The zero-order chi connectivity index (χ0) is 17.5. The summed E-state index contributed by atoms with van der Waals surface area (Å²) in [6, 6.07) is 9.38. The normalized spacial score (nSPS) is 15.8. The van der Waals surface area contributed by atoms with Crippen molar-refractivity contribution in [2.24, 2.45) is 0 Å². The third-order valence-corrected chi connectivity index (χ3v) is 4.54. The fourth-order valence-corrected chi connectivity index (χ4v) is 3.26. The number of nitrogens with one attached hydrogen (secondary N) is 1. The number of hydrogen-bond donors (Lipinski definition) is 2. The number of nitrogens with zero attached hydrogens (tertiary/aromatic N) is 1. The van der Waals surface area contributed by atoms with Crippen molar-refractivity contribution in [1.82, 2.24) is 10.2 Å². The van der Waals surface area contributed by atoms with Gasteiger partial charge in [-0.1, -0.05) is 54.3 Å². The summed E-state index contributed by atoms with van der Waals surface area (Å²) in [5.41, 5.74) is 0.885. The third-order valence-electron chi connectivity index (χ3n) is 3.16. The van der Waals surface area contributed by atoms with Crippen molar-refractivity contribution in [1.29, 1.82) is 0 Å². The van der Waals surface area contributed by atoms with Gasteiger partial charge in [0.15, 0.2) is 0 Å². The lowest BCUT2D eigenvalue weighted by Gasteiger charge is -2.13. The highest BCUT2D eigenvalue weighted by molar-refractivity contribution is 8.26. The summed E-state index contributed by atoms with van der Waals surface area (Å²) >= 11 is 6.33. The Bertz CT molecular complexity index is 689. The van der Waals surface area contributed by atoms with E-state index in [1.807, 2.05) is 30.3 Å². The van der Waals surface area contributed by atoms with Crippen molar-refractivity contribution in [2.45, 2.75) is 12.8 Å². The van der Waals surface area contributed by atoms with Crippen LogP contribution in [0.3, 0.4) is 0 Å². The van der Waals surface area contributed by atoms with Crippen LogP contribution in [0.15, 0.2) is 35.2 Å². The summed E-state index contributed by atoms with van der Waals surface area (Å²) in [6.07, 6.45) is 2.07. The number of benzene rings is 1. The first-order valence-electron chi connectivity index (χ1n) is 7.26. The lowest BCUT2D eigenvalue weighted by molar-refractivity contribution is -0.137. The van der Waals surface area contributed by atoms with Gasteiger partial charge in [0, 0.05) is 13.0 Å². The molecule has 2 N–H and O–H groups in total. The van der Waals surface area contributed by atoms with Crippen molar-refractivity contribution in [2.75, 3.05) is 13.1 Å². The van der Waals surface area contributed by atoms with Gasteiger partial charge in [-0.25, -0.2) is 0 Å². The number of carboxylic acids is 1. The van der Waals surface area contributed by atoms with Crippen molar-refractivity contribution in [3.8, 4) is 0 Å². The second-order valence-corrected chi connectivity index (χ2v) is 6.70. The number of rotatable bonds is 7. The van der Waals surface area contributed by atoms with E-state index in [1.165, 1.54) is 4.90 Å². The second-order valence-electron chi connectivity index (χ2n) is 5.03. The molecule has 1 aliphatic heterocycles. The molecule has 0 spiro atoms. The van der Waals surface area contributed by atoms with Crippen LogP contribution in [0.25, 0.3) is 6.08 Å². The maximum atomic E-state index is 12.4. The second kappa shape index (κ2) is 8.60. The lowest BCUT2D eigenvalue weighted by atomic mass is 10.2. The molecule has 2 amide bonds. The summed E-state index contributed by atoms with van der Waals surface area (Å²) in [4.78, 5) is 36.4. The number of thioether (sulfide) groups is 1. The van der Waals surface area contributed by atoms with Gasteiger partial charge in [-0.2, -0.15) is 0 Å². The van der Waals surface area contributed by atoms with Crippen LogP contribution < -0.4 is 5.32 Å². The smallest absolute Gasteiger partial charge is 0.303 e. The van der Waals surface area contributed by atoms with Crippen LogP contribution in [0.2, 0.25) is 0 Å². The number of hydrogen-bond acceptors (Lipinski definition) is 5. The van der Waals surface area contributed by atoms with E-state index >= 15 is 0 Å². The van der Waals surface area contributed by atoms with Gasteiger partial charge < -0.3 is 10.4 Å².